The molecule has 0 spiro atoms. The van der Waals surface area contributed by atoms with Gasteiger partial charge in [0.1, 0.15) is 29.5 Å². The summed E-state index contributed by atoms with van der Waals surface area (Å²) in [4.78, 5) is 18.7. The normalized spacial score (nSPS) is 12.0. The first-order chi connectivity index (χ1) is 57.0. The molecule has 0 aromatic heterocycles. The summed E-state index contributed by atoms with van der Waals surface area (Å²) in [7, 11) is -14.6. The summed E-state index contributed by atoms with van der Waals surface area (Å²) in [5.41, 5.74) is 6.62. The number of halogens is 15. The molecule has 654 valence electrons. The van der Waals surface area contributed by atoms with Crippen LogP contribution in [0.2, 0.25) is 0 Å². The van der Waals surface area contributed by atoms with Crippen molar-refractivity contribution in [3.05, 3.63) is 346 Å². The van der Waals surface area contributed by atoms with E-state index >= 15 is 0 Å². The van der Waals surface area contributed by atoms with Crippen LogP contribution >= 0.6 is 15.4 Å². The molecule has 1 N–H and O–H groups in total. The third kappa shape index (κ3) is 49.3. The number of hydrogen-bond acceptors (Lipinski definition) is 7. The summed E-state index contributed by atoms with van der Waals surface area (Å²) in [6.45, 7) is 23.5. The van der Waals surface area contributed by atoms with E-state index in [0.29, 0.717) is 5.92 Å². The second-order valence-electron chi connectivity index (χ2n) is 28.4. The Hall–Kier alpha value is -6.28. The summed E-state index contributed by atoms with van der Waals surface area (Å²) in [5.74, 6) is -6.92. The summed E-state index contributed by atoms with van der Waals surface area (Å²) < 4.78 is 185. The van der Waals surface area contributed by atoms with Gasteiger partial charge in [-0.2, -0.15) is 0 Å². The SMILES string of the molecule is CCCCCCOc1ccc([I+]c2ccc(CCCCCC)cc2)cc1.CCCCCCOc1ccc([I+]c2ccccc2)cc1.Cc1ccc(S(=O)(=O)[O-])cc1.Cc1ccc([I+]c2ccc(C(C)C)cc2)cc1.Cc1ccc([I+]c2ccc(CC(C)C)cc2)cc1.F[P-](F)(F)(F)(F)F.O=P([O-])(O)c1ccccc1.[B]c1c(F)c(F)c(F)c(F)c1F. The fraction of sp³-hybridized carbons (Fsp3) is 0.298. The van der Waals surface area contributed by atoms with Gasteiger partial charge in [-0.25, -0.2) is 30.4 Å². The number of aryl methyl sites for hydroxylation is 4. The number of hydrogen-bond donors (Lipinski definition) is 1. The Labute approximate surface area is 752 Å². The van der Waals surface area contributed by atoms with Gasteiger partial charge in [-0.05, 0) is 220 Å². The second kappa shape index (κ2) is 54.6. The van der Waals surface area contributed by atoms with Crippen molar-refractivity contribution in [3.63, 3.8) is 0 Å². The smallest absolute Gasteiger partial charge is 0.200 e. The second-order valence-corrected chi connectivity index (χ2v) is 45.4. The maximum atomic E-state index is 12.3. The summed E-state index contributed by atoms with van der Waals surface area (Å²) in [6, 6.07) is 86.9. The molecule has 27 heteroatoms. The van der Waals surface area contributed by atoms with Gasteiger partial charge < -0.3 is 28.4 Å². The third-order valence-corrected chi connectivity index (χ3v) is 29.3. The van der Waals surface area contributed by atoms with Crippen LogP contribution in [0.3, 0.4) is 0 Å². The Morgan fingerprint density at radius 1 is 0.405 bits per heavy atom. The minimum atomic E-state index is -10.7. The van der Waals surface area contributed by atoms with Gasteiger partial charge in [0, 0.05) is 5.30 Å². The van der Waals surface area contributed by atoms with Gasteiger partial charge in [-0.15, -0.1) is 0 Å². The molecule has 8 nitrogen and oxygen atoms in total. The maximum absolute atomic E-state index is 12.3. The van der Waals surface area contributed by atoms with Crippen LogP contribution in [0.1, 0.15) is 165 Å². The van der Waals surface area contributed by atoms with E-state index in [9.17, 15) is 69.6 Å². The van der Waals surface area contributed by atoms with E-state index < -0.39 is 60.1 Å². The Morgan fingerprint density at radius 3 is 1.01 bits per heavy atom. The average molecular weight is 2190 g/mol. The van der Waals surface area contributed by atoms with Crippen LogP contribution in [0.15, 0.2) is 260 Å². The van der Waals surface area contributed by atoms with Crippen molar-refractivity contribution in [3.8, 4) is 11.5 Å². The van der Waals surface area contributed by atoms with Crippen molar-refractivity contribution in [1.29, 1.82) is 0 Å². The molecule has 1 atom stereocenters. The van der Waals surface area contributed by atoms with Crippen molar-refractivity contribution in [2.45, 2.75) is 170 Å². The van der Waals surface area contributed by atoms with E-state index in [4.69, 9.17) is 14.4 Å². The van der Waals surface area contributed by atoms with Crippen LogP contribution in [0.5, 0.6) is 11.5 Å². The van der Waals surface area contributed by atoms with Crippen LogP contribution in [0.25, 0.3) is 0 Å². The van der Waals surface area contributed by atoms with Gasteiger partial charge >= 0.3 is 118 Å². The predicted octanol–water partition coefficient (Wildman–Crippen LogP) is 13.6. The molecule has 2 radical (unpaired) electrons. The molecule has 0 bridgehead atoms. The van der Waals surface area contributed by atoms with E-state index in [1.807, 2.05) is 6.92 Å². The van der Waals surface area contributed by atoms with Gasteiger partial charge in [-0.1, -0.05) is 244 Å². The molecular weight excluding hydrogens is 2080 g/mol. The largest absolute Gasteiger partial charge is 0.775 e. The molecule has 0 saturated carbocycles. The van der Waals surface area contributed by atoms with E-state index in [0.717, 1.165) is 49.0 Å². The minimum absolute atomic E-state index is 0.0167. The fourth-order valence-corrected chi connectivity index (χ4v) is 20.0. The number of unbranched alkanes of at least 4 members (excludes halogenated alkanes) is 9. The first-order valence-electron chi connectivity index (χ1n) is 39.5. The molecule has 1 unspecified atom stereocenters. The molecule has 0 aliphatic carbocycles. The summed E-state index contributed by atoms with van der Waals surface area (Å²) in [5, 5.41) is -0.0463. The van der Waals surface area contributed by atoms with E-state index in [1.54, 1.807) is 30.3 Å². The van der Waals surface area contributed by atoms with Crippen LogP contribution in [-0.2, 0) is 27.5 Å². The number of ether oxygens (including phenoxy) is 2. The van der Waals surface area contributed by atoms with Crippen molar-refractivity contribution >= 4 is 44.1 Å². The van der Waals surface area contributed by atoms with Crippen molar-refractivity contribution in [2.75, 3.05) is 13.2 Å². The van der Waals surface area contributed by atoms with Crippen LogP contribution < -0.4 is 110 Å². The van der Waals surface area contributed by atoms with Gasteiger partial charge in [0.25, 0.3) is 0 Å². The summed E-state index contributed by atoms with van der Waals surface area (Å²) in [6.07, 6.45) is 17.8. The Kier molecular flexibility index (Phi) is 48.3. The van der Waals surface area contributed by atoms with Gasteiger partial charge in [0.2, 0.25) is 0 Å². The van der Waals surface area contributed by atoms with Crippen molar-refractivity contribution in [1.82, 2.24) is 0 Å². The predicted molar refractivity (Wildman–Crippen MR) is 451 cm³/mol. The zero-order valence-electron chi connectivity index (χ0n) is 69.6. The van der Waals surface area contributed by atoms with Crippen LogP contribution in [0.4, 0.5) is 47.1 Å². The van der Waals surface area contributed by atoms with E-state index in [1.165, 1.54) is 158 Å². The number of benzene rings is 11. The average Bonchev–Trinajstić information content (AvgIpc) is 0.776. The topological polar surface area (TPSA) is 136 Å². The molecule has 0 fully saturated rings. The molecule has 121 heavy (non-hydrogen) atoms. The molecule has 0 aliphatic heterocycles. The summed E-state index contributed by atoms with van der Waals surface area (Å²) >= 11 is -0.190. The third-order valence-electron chi connectivity index (χ3n) is 16.8. The Balaban J connectivity index is 0.000000298. The van der Waals surface area contributed by atoms with Crippen molar-refractivity contribution in [2.24, 2.45) is 5.92 Å². The number of rotatable bonds is 30. The van der Waals surface area contributed by atoms with Crippen molar-refractivity contribution < 1.29 is 169 Å². The zero-order valence-corrected chi connectivity index (χ0v) is 80.8. The Morgan fingerprint density at radius 2 is 0.694 bits per heavy atom. The first kappa shape index (κ1) is 107. The molecule has 11 rings (SSSR count). The molecule has 0 amide bonds. The van der Waals surface area contributed by atoms with E-state index in [-0.39, 0.29) is 95.0 Å². The quantitative estimate of drug-likeness (QED) is 0.00687. The van der Waals surface area contributed by atoms with Gasteiger partial charge in [0.05, 0.1) is 18.1 Å². The molecule has 0 heterocycles. The van der Waals surface area contributed by atoms with Crippen LogP contribution in [-0.4, -0.2) is 38.9 Å². The molecular formula is C94H107BF11I4O8P2S+. The molecule has 11 aromatic carbocycles. The monoisotopic (exact) mass is 2190 g/mol. The standard InChI is InChI=1S/C24H34IO.C18H22IO.C17H20I.C16H18I.C7H8O3S.C6BF5.C6H7O3P.F6P/c1-3-5-7-9-11-21-12-14-22(15-13-21)25-23-16-18-24(19-17-23)26-20-10-8-6-4-2;1-2-3-4-8-15-20-18-13-11-17(12-14-18)19-16-9-6-5-7-10-16;1-13(2)12-15-6-10-17(11-7-15)18-16-8-4-14(3)5-9-16;1-12(2)14-6-10-16(11-7-14)17-15-8-4-13(3)5-9-15;1-6-2-4-7(5-3-6)11(8,9)10;7-1-2(8)4(10)6(12)5(11)3(1)9;7-10(8,9)6-4-2-1-3-5-6;1-7(2,3,4,5)6/h12-19H,3-11,20H2,1-2H3;5-7,9-14H,2-4,8,15H2,1H3;4-11,13H,12H2,1-3H3;4-12H,1-3H3;2-5H,1H3,(H,8,9,10);;1-5H,(H2,7,8,9);/q4*+1;;;;-1/p-2. The van der Waals surface area contributed by atoms with Gasteiger partial charge in [-0.3, -0.25) is 0 Å². The molecule has 11 aromatic rings. The maximum Gasteiger partial charge on any atom is 0.200 e. The molecule has 0 aliphatic rings. The van der Waals surface area contributed by atoms with Gasteiger partial charge in [0.15, 0.2) is 65.2 Å². The minimum Gasteiger partial charge on any atom is -0.775 e. The zero-order chi connectivity index (χ0) is 89.7. The molecule has 0 saturated heterocycles. The first-order valence-corrected chi connectivity index (χ1v) is 53.1. The van der Waals surface area contributed by atoms with E-state index in [2.05, 4.69) is 270 Å². The Bertz CT molecular complexity index is 4790. The van der Waals surface area contributed by atoms with Crippen LogP contribution in [0, 0.1) is 84.3 Å². The fourth-order valence-electron chi connectivity index (χ4n) is 10.3.